The summed E-state index contributed by atoms with van der Waals surface area (Å²) in [4.78, 5) is 4.54. The molecule has 1 aliphatic rings. The van der Waals surface area contributed by atoms with Gasteiger partial charge >= 0.3 is 0 Å². The Morgan fingerprint density at radius 2 is 2.11 bits per heavy atom. The molecule has 0 bridgehead atoms. The van der Waals surface area contributed by atoms with Crippen molar-refractivity contribution in [2.24, 2.45) is 5.92 Å². The van der Waals surface area contributed by atoms with Gasteiger partial charge in [-0.2, -0.15) is 5.26 Å². The summed E-state index contributed by atoms with van der Waals surface area (Å²) in [6, 6.07) is 7.86. The van der Waals surface area contributed by atoms with Gasteiger partial charge in [0.25, 0.3) is 0 Å². The van der Waals surface area contributed by atoms with Crippen molar-refractivity contribution in [3.05, 3.63) is 28.8 Å². The molecule has 1 saturated heterocycles. The van der Waals surface area contributed by atoms with E-state index in [9.17, 15) is 5.26 Å². The van der Waals surface area contributed by atoms with Crippen LogP contribution in [0.3, 0.4) is 0 Å². The standard InChI is InChI=1S/C15H20ClN3/c1-18-8-6-12(7-9-18)11-19(2)15-5-3-4-14(16)13(15)10-17/h3-5,12H,6-9,11H2,1-2H3. The van der Waals surface area contributed by atoms with Crippen molar-refractivity contribution in [2.45, 2.75) is 12.8 Å². The minimum absolute atomic E-state index is 0.537. The van der Waals surface area contributed by atoms with Crippen molar-refractivity contribution in [1.29, 1.82) is 5.26 Å². The normalized spacial score (nSPS) is 17.2. The maximum absolute atomic E-state index is 9.22. The second-order valence-electron chi connectivity index (χ2n) is 5.37. The first-order valence-corrected chi connectivity index (χ1v) is 7.08. The largest absolute Gasteiger partial charge is 0.373 e. The number of hydrogen-bond donors (Lipinski definition) is 0. The zero-order valence-electron chi connectivity index (χ0n) is 11.6. The fourth-order valence-corrected chi connectivity index (χ4v) is 2.88. The molecule has 0 aromatic heterocycles. The van der Waals surface area contributed by atoms with Gasteiger partial charge in [0.15, 0.2) is 0 Å². The minimum atomic E-state index is 0.537. The second kappa shape index (κ2) is 6.27. The first kappa shape index (κ1) is 14.2. The molecule has 1 fully saturated rings. The first-order chi connectivity index (χ1) is 9.11. The molecule has 4 heteroatoms. The van der Waals surface area contributed by atoms with Crippen molar-refractivity contribution in [1.82, 2.24) is 4.90 Å². The van der Waals surface area contributed by atoms with Crippen molar-refractivity contribution in [2.75, 3.05) is 38.6 Å². The Morgan fingerprint density at radius 1 is 1.42 bits per heavy atom. The van der Waals surface area contributed by atoms with Crippen LogP contribution in [0.15, 0.2) is 18.2 Å². The number of anilines is 1. The smallest absolute Gasteiger partial charge is 0.103 e. The second-order valence-corrected chi connectivity index (χ2v) is 5.78. The first-order valence-electron chi connectivity index (χ1n) is 6.70. The highest BCUT2D eigenvalue weighted by atomic mass is 35.5. The molecule has 3 nitrogen and oxygen atoms in total. The predicted octanol–water partition coefficient (Wildman–Crippen LogP) is 2.99. The third kappa shape index (κ3) is 3.40. The molecule has 102 valence electrons. The fourth-order valence-electron chi connectivity index (χ4n) is 2.67. The van der Waals surface area contributed by atoms with Gasteiger partial charge in [0, 0.05) is 13.6 Å². The molecule has 2 rings (SSSR count). The number of likely N-dealkylation sites (tertiary alicyclic amines) is 1. The molecule has 0 amide bonds. The molecule has 1 aromatic rings. The third-order valence-electron chi connectivity index (χ3n) is 3.88. The highest BCUT2D eigenvalue weighted by Crippen LogP contribution is 2.27. The third-order valence-corrected chi connectivity index (χ3v) is 4.20. The van der Waals surface area contributed by atoms with Gasteiger partial charge in [0.05, 0.1) is 16.3 Å². The molecule has 0 spiro atoms. The highest BCUT2D eigenvalue weighted by molar-refractivity contribution is 6.32. The molecular formula is C15H20ClN3. The Kier molecular flexibility index (Phi) is 4.68. The van der Waals surface area contributed by atoms with E-state index in [2.05, 4.69) is 22.9 Å². The predicted molar refractivity (Wildman–Crippen MR) is 79.7 cm³/mol. The summed E-state index contributed by atoms with van der Waals surface area (Å²) >= 11 is 6.08. The molecule has 1 aliphatic heterocycles. The summed E-state index contributed by atoms with van der Waals surface area (Å²) in [6.07, 6.45) is 2.45. The lowest BCUT2D eigenvalue weighted by atomic mass is 9.96. The fraction of sp³-hybridized carbons (Fsp3) is 0.533. The zero-order valence-corrected chi connectivity index (χ0v) is 12.3. The quantitative estimate of drug-likeness (QED) is 0.851. The SMILES string of the molecule is CN1CCC(CN(C)c2cccc(Cl)c2C#N)CC1. The topological polar surface area (TPSA) is 30.3 Å². The van der Waals surface area contributed by atoms with Gasteiger partial charge in [0.1, 0.15) is 6.07 Å². The molecule has 0 atom stereocenters. The van der Waals surface area contributed by atoms with Crippen molar-refractivity contribution in [3.8, 4) is 6.07 Å². The number of halogens is 1. The van der Waals surface area contributed by atoms with Crippen LogP contribution in [-0.2, 0) is 0 Å². The van der Waals surface area contributed by atoms with Gasteiger partial charge in [-0.1, -0.05) is 17.7 Å². The Balaban J connectivity index is 2.06. The Bertz CT molecular complexity index is 473. The zero-order chi connectivity index (χ0) is 13.8. The van der Waals surface area contributed by atoms with E-state index in [1.54, 1.807) is 6.07 Å². The minimum Gasteiger partial charge on any atom is -0.373 e. The van der Waals surface area contributed by atoms with Gasteiger partial charge in [-0.15, -0.1) is 0 Å². The van der Waals surface area contributed by atoms with E-state index in [0.29, 0.717) is 16.5 Å². The van der Waals surface area contributed by atoms with Crippen molar-refractivity contribution >= 4 is 17.3 Å². The molecule has 0 saturated carbocycles. The van der Waals surface area contributed by atoms with Crippen molar-refractivity contribution in [3.63, 3.8) is 0 Å². The summed E-state index contributed by atoms with van der Waals surface area (Å²) in [7, 11) is 4.22. The number of nitrogens with zero attached hydrogens (tertiary/aromatic N) is 3. The monoisotopic (exact) mass is 277 g/mol. The summed E-state index contributed by atoms with van der Waals surface area (Å²) in [5.74, 6) is 0.701. The lowest BCUT2D eigenvalue weighted by Crippen LogP contribution is -2.35. The van der Waals surface area contributed by atoms with Crippen LogP contribution in [0.4, 0.5) is 5.69 Å². The lowest BCUT2D eigenvalue weighted by Gasteiger charge is -2.32. The molecule has 0 N–H and O–H groups in total. The lowest BCUT2D eigenvalue weighted by molar-refractivity contribution is 0.222. The Morgan fingerprint density at radius 3 is 2.74 bits per heavy atom. The number of rotatable bonds is 3. The molecule has 0 radical (unpaired) electrons. The number of benzene rings is 1. The van der Waals surface area contributed by atoms with Gasteiger partial charge in [-0.25, -0.2) is 0 Å². The molecule has 0 aliphatic carbocycles. The van der Waals surface area contributed by atoms with Crippen LogP contribution in [-0.4, -0.2) is 38.6 Å². The average Bonchev–Trinajstić information content (AvgIpc) is 2.41. The average molecular weight is 278 g/mol. The molecule has 1 aromatic carbocycles. The van der Waals surface area contributed by atoms with E-state index in [1.165, 1.54) is 25.9 Å². The number of piperidine rings is 1. The number of hydrogen-bond acceptors (Lipinski definition) is 3. The molecule has 19 heavy (non-hydrogen) atoms. The van der Waals surface area contributed by atoms with Crippen LogP contribution >= 0.6 is 11.6 Å². The van der Waals surface area contributed by atoms with Crippen LogP contribution in [0, 0.1) is 17.2 Å². The molecule has 0 unspecified atom stereocenters. The van der Waals surface area contributed by atoms with Crippen LogP contribution < -0.4 is 4.90 Å². The summed E-state index contributed by atoms with van der Waals surface area (Å²) in [6.45, 7) is 3.32. The highest BCUT2D eigenvalue weighted by Gasteiger charge is 2.19. The van der Waals surface area contributed by atoms with E-state index in [0.717, 1.165) is 12.2 Å². The van der Waals surface area contributed by atoms with Crippen molar-refractivity contribution < 1.29 is 0 Å². The van der Waals surface area contributed by atoms with Gasteiger partial charge in [-0.05, 0) is 51.0 Å². The van der Waals surface area contributed by atoms with E-state index < -0.39 is 0 Å². The van der Waals surface area contributed by atoms with Gasteiger partial charge in [0.2, 0.25) is 0 Å². The van der Waals surface area contributed by atoms with E-state index >= 15 is 0 Å². The molecule has 1 heterocycles. The van der Waals surface area contributed by atoms with Gasteiger partial charge in [-0.3, -0.25) is 0 Å². The maximum Gasteiger partial charge on any atom is 0.103 e. The van der Waals surface area contributed by atoms with Crippen LogP contribution in [0.25, 0.3) is 0 Å². The van der Waals surface area contributed by atoms with Crippen LogP contribution in [0.1, 0.15) is 18.4 Å². The summed E-state index contributed by atoms with van der Waals surface area (Å²) in [5, 5.41) is 9.76. The summed E-state index contributed by atoms with van der Waals surface area (Å²) in [5.41, 5.74) is 1.52. The van der Waals surface area contributed by atoms with Crippen LogP contribution in [0.5, 0.6) is 0 Å². The van der Waals surface area contributed by atoms with E-state index in [1.807, 2.05) is 19.2 Å². The van der Waals surface area contributed by atoms with E-state index in [-0.39, 0.29) is 0 Å². The molecular weight excluding hydrogens is 258 g/mol. The number of nitriles is 1. The van der Waals surface area contributed by atoms with Gasteiger partial charge < -0.3 is 9.80 Å². The maximum atomic E-state index is 9.22. The Hall–Kier alpha value is -1.24. The Labute approximate surface area is 120 Å². The summed E-state index contributed by atoms with van der Waals surface area (Å²) < 4.78 is 0. The van der Waals surface area contributed by atoms with E-state index in [4.69, 9.17) is 11.6 Å². The van der Waals surface area contributed by atoms with Crippen LogP contribution in [0.2, 0.25) is 5.02 Å².